The third kappa shape index (κ3) is 3.57. The molecule has 1 heterocycles. The van der Waals surface area contributed by atoms with E-state index in [0.717, 1.165) is 4.90 Å². The molecule has 2 N–H and O–H groups in total. The summed E-state index contributed by atoms with van der Waals surface area (Å²) >= 11 is 0. The Labute approximate surface area is 156 Å². The molecule has 2 aromatic carbocycles. The van der Waals surface area contributed by atoms with Gasteiger partial charge in [-0.1, -0.05) is 19.1 Å². The number of carbonyl (C=O) groups excluding carboxylic acids is 4. The molecule has 3 rings (SSSR count). The molecule has 7 heteroatoms. The van der Waals surface area contributed by atoms with E-state index in [1.807, 2.05) is 0 Å². The van der Waals surface area contributed by atoms with Crippen LogP contribution in [0.25, 0.3) is 0 Å². The van der Waals surface area contributed by atoms with Gasteiger partial charge in [0.25, 0.3) is 11.8 Å². The number of anilines is 2. The van der Waals surface area contributed by atoms with Gasteiger partial charge in [0.05, 0.1) is 11.1 Å². The number of nitrogens with zero attached hydrogens (tertiary/aromatic N) is 1. The summed E-state index contributed by atoms with van der Waals surface area (Å²) in [5, 5.41) is 5.36. The molecule has 0 radical (unpaired) electrons. The van der Waals surface area contributed by atoms with Crippen molar-refractivity contribution in [3.05, 3.63) is 59.7 Å². The molecule has 1 atom stereocenters. The van der Waals surface area contributed by atoms with Gasteiger partial charge in [-0.3, -0.25) is 24.1 Å². The fourth-order valence-corrected chi connectivity index (χ4v) is 3.04. The Balaban J connectivity index is 1.76. The summed E-state index contributed by atoms with van der Waals surface area (Å²) < 4.78 is 0. The van der Waals surface area contributed by atoms with Crippen LogP contribution in [0.2, 0.25) is 0 Å². The van der Waals surface area contributed by atoms with Crippen molar-refractivity contribution in [3.63, 3.8) is 0 Å². The maximum Gasteiger partial charge on any atom is 0.262 e. The van der Waals surface area contributed by atoms with Crippen LogP contribution in [0.3, 0.4) is 0 Å². The summed E-state index contributed by atoms with van der Waals surface area (Å²) in [6.45, 7) is 3.15. The van der Waals surface area contributed by atoms with E-state index in [1.165, 1.54) is 6.92 Å². The molecule has 138 valence electrons. The Morgan fingerprint density at radius 1 is 0.889 bits per heavy atom. The number of amides is 4. The molecule has 0 aromatic heterocycles. The minimum Gasteiger partial charge on any atom is -0.326 e. The maximum absolute atomic E-state index is 12.7. The SMILES string of the molecule is CC[C@H](C(=O)Nc1ccc(NC(C)=O)cc1)N1C(=O)c2ccccc2C1=O. The van der Waals surface area contributed by atoms with Crippen molar-refractivity contribution in [1.82, 2.24) is 4.90 Å². The van der Waals surface area contributed by atoms with E-state index in [0.29, 0.717) is 28.9 Å². The number of hydrogen-bond acceptors (Lipinski definition) is 4. The monoisotopic (exact) mass is 365 g/mol. The van der Waals surface area contributed by atoms with Crippen molar-refractivity contribution in [1.29, 1.82) is 0 Å². The van der Waals surface area contributed by atoms with E-state index in [2.05, 4.69) is 10.6 Å². The standard InChI is InChI=1S/C20H19N3O4/c1-3-17(23-19(26)15-6-4-5-7-16(15)20(23)27)18(25)22-14-10-8-13(9-11-14)21-12(2)24/h4-11,17H,3H2,1-2H3,(H,21,24)(H,22,25)/t17-/m1/s1. The van der Waals surface area contributed by atoms with Crippen LogP contribution in [-0.2, 0) is 9.59 Å². The van der Waals surface area contributed by atoms with Gasteiger partial charge in [0.1, 0.15) is 6.04 Å². The number of nitrogens with one attached hydrogen (secondary N) is 2. The van der Waals surface area contributed by atoms with Gasteiger partial charge in [0, 0.05) is 18.3 Å². The molecule has 2 aromatic rings. The fraction of sp³-hybridized carbons (Fsp3) is 0.200. The lowest BCUT2D eigenvalue weighted by Crippen LogP contribution is -2.46. The van der Waals surface area contributed by atoms with Crippen LogP contribution in [0.4, 0.5) is 11.4 Å². The van der Waals surface area contributed by atoms with Crippen molar-refractivity contribution in [2.24, 2.45) is 0 Å². The molecule has 0 saturated heterocycles. The third-order valence-corrected chi connectivity index (χ3v) is 4.30. The molecule has 0 saturated carbocycles. The van der Waals surface area contributed by atoms with Crippen LogP contribution < -0.4 is 10.6 Å². The smallest absolute Gasteiger partial charge is 0.262 e. The summed E-state index contributed by atoms with van der Waals surface area (Å²) in [6.07, 6.45) is 0.293. The predicted molar refractivity (Wildman–Crippen MR) is 100 cm³/mol. The molecule has 1 aliphatic heterocycles. The number of hydrogen-bond donors (Lipinski definition) is 2. The summed E-state index contributed by atoms with van der Waals surface area (Å²) in [4.78, 5) is 50.0. The van der Waals surface area contributed by atoms with Crippen molar-refractivity contribution in [3.8, 4) is 0 Å². The summed E-state index contributed by atoms with van der Waals surface area (Å²) in [6, 6.07) is 12.2. The van der Waals surface area contributed by atoms with Gasteiger partial charge in [0.2, 0.25) is 11.8 Å². The molecule has 4 amide bonds. The van der Waals surface area contributed by atoms with Crippen LogP contribution >= 0.6 is 0 Å². The average Bonchev–Trinajstić information content (AvgIpc) is 2.89. The zero-order valence-corrected chi connectivity index (χ0v) is 15.0. The first-order valence-corrected chi connectivity index (χ1v) is 8.57. The highest BCUT2D eigenvalue weighted by molar-refractivity contribution is 6.23. The number of fused-ring (bicyclic) bond motifs is 1. The number of imide groups is 1. The number of carbonyl (C=O) groups is 4. The van der Waals surface area contributed by atoms with Gasteiger partial charge in [-0.05, 0) is 42.8 Å². The lowest BCUT2D eigenvalue weighted by Gasteiger charge is -2.24. The van der Waals surface area contributed by atoms with Crippen molar-refractivity contribution >= 4 is 35.0 Å². The highest BCUT2D eigenvalue weighted by atomic mass is 16.2. The Morgan fingerprint density at radius 2 is 1.37 bits per heavy atom. The molecule has 0 spiro atoms. The molecular formula is C20H19N3O4. The molecule has 0 bridgehead atoms. The molecular weight excluding hydrogens is 346 g/mol. The third-order valence-electron chi connectivity index (χ3n) is 4.30. The first kappa shape index (κ1) is 18.3. The number of benzene rings is 2. The van der Waals surface area contributed by atoms with Gasteiger partial charge in [-0.25, -0.2) is 0 Å². The zero-order valence-electron chi connectivity index (χ0n) is 15.0. The average molecular weight is 365 g/mol. The quantitative estimate of drug-likeness (QED) is 0.796. The van der Waals surface area contributed by atoms with Gasteiger partial charge in [0.15, 0.2) is 0 Å². The first-order valence-electron chi connectivity index (χ1n) is 8.57. The minimum absolute atomic E-state index is 0.191. The van der Waals surface area contributed by atoms with Crippen LogP contribution in [0, 0.1) is 0 Å². The van der Waals surface area contributed by atoms with Crippen molar-refractivity contribution in [2.75, 3.05) is 10.6 Å². The van der Waals surface area contributed by atoms with Gasteiger partial charge in [-0.15, -0.1) is 0 Å². The van der Waals surface area contributed by atoms with E-state index in [1.54, 1.807) is 55.5 Å². The van der Waals surface area contributed by atoms with Crippen molar-refractivity contribution in [2.45, 2.75) is 26.3 Å². The Morgan fingerprint density at radius 3 is 1.81 bits per heavy atom. The molecule has 27 heavy (non-hydrogen) atoms. The molecule has 1 aliphatic rings. The Kier molecular flexibility index (Phi) is 5.03. The normalized spacial score (nSPS) is 13.9. The summed E-state index contributed by atoms with van der Waals surface area (Å²) in [5.41, 5.74) is 1.74. The second-order valence-electron chi connectivity index (χ2n) is 6.20. The molecule has 0 unspecified atom stereocenters. The Bertz CT molecular complexity index is 886. The second-order valence-corrected chi connectivity index (χ2v) is 6.20. The highest BCUT2D eigenvalue weighted by Gasteiger charge is 2.41. The lowest BCUT2D eigenvalue weighted by atomic mass is 10.1. The van der Waals surface area contributed by atoms with E-state index in [9.17, 15) is 19.2 Å². The minimum atomic E-state index is -0.910. The van der Waals surface area contributed by atoms with Crippen LogP contribution in [0.15, 0.2) is 48.5 Å². The van der Waals surface area contributed by atoms with Gasteiger partial charge in [-0.2, -0.15) is 0 Å². The Hall–Kier alpha value is -3.48. The van der Waals surface area contributed by atoms with Gasteiger partial charge < -0.3 is 10.6 Å². The van der Waals surface area contributed by atoms with Crippen LogP contribution in [0.1, 0.15) is 41.0 Å². The first-order chi connectivity index (χ1) is 12.9. The topological polar surface area (TPSA) is 95.6 Å². The largest absolute Gasteiger partial charge is 0.326 e. The van der Waals surface area contributed by atoms with Crippen LogP contribution in [-0.4, -0.2) is 34.6 Å². The molecule has 0 fully saturated rings. The molecule has 0 aliphatic carbocycles. The maximum atomic E-state index is 12.7. The van der Waals surface area contributed by atoms with E-state index >= 15 is 0 Å². The summed E-state index contributed by atoms with van der Waals surface area (Å²) in [5.74, 6) is -1.56. The van der Waals surface area contributed by atoms with E-state index in [-0.39, 0.29) is 5.91 Å². The zero-order chi connectivity index (χ0) is 19.6. The lowest BCUT2D eigenvalue weighted by molar-refractivity contribution is -0.120. The molecule has 7 nitrogen and oxygen atoms in total. The predicted octanol–water partition coefficient (Wildman–Crippen LogP) is 2.66. The fourth-order valence-electron chi connectivity index (χ4n) is 3.04. The number of rotatable bonds is 5. The van der Waals surface area contributed by atoms with Crippen LogP contribution in [0.5, 0.6) is 0 Å². The summed E-state index contributed by atoms with van der Waals surface area (Å²) in [7, 11) is 0. The highest BCUT2D eigenvalue weighted by Crippen LogP contribution is 2.26. The van der Waals surface area contributed by atoms with E-state index in [4.69, 9.17) is 0 Å². The van der Waals surface area contributed by atoms with E-state index < -0.39 is 23.8 Å². The van der Waals surface area contributed by atoms with Gasteiger partial charge >= 0.3 is 0 Å². The van der Waals surface area contributed by atoms with Crippen molar-refractivity contribution < 1.29 is 19.2 Å². The second kappa shape index (κ2) is 7.41.